The molecule has 112 valence electrons. The minimum atomic E-state index is 0.0654. The Kier molecular flexibility index (Phi) is 6.73. The zero-order valence-electron chi connectivity index (χ0n) is 11.7. The molecule has 1 fully saturated rings. The summed E-state index contributed by atoms with van der Waals surface area (Å²) in [4.78, 5) is 11.9. The van der Waals surface area contributed by atoms with Crippen molar-refractivity contribution in [3.8, 4) is 0 Å². The predicted octanol–water partition coefficient (Wildman–Crippen LogP) is 4.01. The number of carbonyl (C=O) groups excluding carboxylic acids is 1. The quantitative estimate of drug-likeness (QED) is 0.773. The number of halogens is 1. The molecule has 1 saturated carbocycles. The Morgan fingerprint density at radius 2 is 2.10 bits per heavy atom. The molecular formula is C14H22ClN3OS. The van der Waals surface area contributed by atoms with E-state index in [-0.39, 0.29) is 5.91 Å². The Balaban J connectivity index is 1.69. The Labute approximate surface area is 129 Å². The van der Waals surface area contributed by atoms with E-state index in [1.807, 2.05) is 0 Å². The van der Waals surface area contributed by atoms with Crippen LogP contribution < -0.4 is 5.32 Å². The Bertz CT molecular complexity index is 418. The van der Waals surface area contributed by atoms with E-state index in [0.717, 1.165) is 30.2 Å². The van der Waals surface area contributed by atoms with Crippen LogP contribution in [0.4, 0.5) is 5.13 Å². The Morgan fingerprint density at radius 3 is 2.85 bits per heavy atom. The molecule has 1 heterocycles. The highest BCUT2D eigenvalue weighted by atomic mass is 35.5. The first-order valence-electron chi connectivity index (χ1n) is 7.46. The molecule has 0 aromatic carbocycles. The Morgan fingerprint density at radius 1 is 1.30 bits per heavy atom. The molecule has 1 aliphatic rings. The number of anilines is 1. The van der Waals surface area contributed by atoms with E-state index in [9.17, 15) is 4.79 Å². The van der Waals surface area contributed by atoms with E-state index in [1.54, 1.807) is 0 Å². The molecule has 1 N–H and O–H groups in total. The maximum atomic E-state index is 11.9. The molecule has 0 atom stereocenters. The zero-order chi connectivity index (χ0) is 14.2. The first-order chi connectivity index (χ1) is 9.78. The maximum absolute atomic E-state index is 11.9. The average molecular weight is 316 g/mol. The summed E-state index contributed by atoms with van der Waals surface area (Å²) in [5.41, 5.74) is 0. The van der Waals surface area contributed by atoms with Crippen LogP contribution in [0.2, 0.25) is 0 Å². The highest BCUT2D eigenvalue weighted by molar-refractivity contribution is 7.15. The standard InChI is InChI=1S/C14H22ClN3OS/c15-10-4-7-13-17-18-14(20-13)16-12(19)9-8-11-5-2-1-3-6-11/h11H,1-10H2,(H,16,18,19). The second-order valence-electron chi connectivity index (χ2n) is 5.38. The summed E-state index contributed by atoms with van der Waals surface area (Å²) in [5, 5.41) is 12.5. The molecule has 0 saturated heterocycles. The van der Waals surface area contributed by atoms with Gasteiger partial charge in [0, 0.05) is 18.7 Å². The van der Waals surface area contributed by atoms with Crippen molar-refractivity contribution >= 4 is 34.0 Å². The number of rotatable bonds is 7. The molecule has 4 nitrogen and oxygen atoms in total. The molecule has 0 spiro atoms. The fraction of sp³-hybridized carbons (Fsp3) is 0.786. The number of hydrogen-bond donors (Lipinski definition) is 1. The summed E-state index contributed by atoms with van der Waals surface area (Å²) in [6, 6.07) is 0. The maximum Gasteiger partial charge on any atom is 0.226 e. The van der Waals surface area contributed by atoms with Crippen molar-refractivity contribution in [2.75, 3.05) is 11.2 Å². The lowest BCUT2D eigenvalue weighted by atomic mass is 9.86. The minimum Gasteiger partial charge on any atom is -0.301 e. The van der Waals surface area contributed by atoms with Crippen LogP contribution in [-0.2, 0) is 11.2 Å². The highest BCUT2D eigenvalue weighted by Gasteiger charge is 2.15. The first-order valence-corrected chi connectivity index (χ1v) is 8.81. The molecule has 1 aliphatic carbocycles. The van der Waals surface area contributed by atoms with Gasteiger partial charge in [-0.1, -0.05) is 43.4 Å². The van der Waals surface area contributed by atoms with Crippen LogP contribution in [-0.4, -0.2) is 22.0 Å². The average Bonchev–Trinajstić information content (AvgIpc) is 2.91. The molecule has 0 unspecified atom stereocenters. The lowest BCUT2D eigenvalue weighted by Crippen LogP contribution is -2.14. The number of carbonyl (C=O) groups is 1. The molecule has 2 rings (SSSR count). The van der Waals surface area contributed by atoms with Gasteiger partial charge in [0.25, 0.3) is 0 Å². The molecule has 0 aliphatic heterocycles. The summed E-state index contributed by atoms with van der Waals surface area (Å²) in [6.07, 6.45) is 9.91. The van der Waals surface area contributed by atoms with Crippen molar-refractivity contribution in [2.24, 2.45) is 5.92 Å². The van der Waals surface area contributed by atoms with Gasteiger partial charge < -0.3 is 5.32 Å². The first kappa shape index (κ1) is 15.7. The molecule has 0 radical (unpaired) electrons. The number of nitrogens with one attached hydrogen (secondary N) is 1. The van der Waals surface area contributed by atoms with E-state index >= 15 is 0 Å². The van der Waals surface area contributed by atoms with E-state index < -0.39 is 0 Å². The molecule has 1 aromatic rings. The summed E-state index contributed by atoms with van der Waals surface area (Å²) >= 11 is 7.09. The summed E-state index contributed by atoms with van der Waals surface area (Å²) in [6.45, 7) is 0. The topological polar surface area (TPSA) is 54.9 Å². The molecule has 1 aromatic heterocycles. The largest absolute Gasteiger partial charge is 0.301 e. The van der Waals surface area contributed by atoms with Crippen molar-refractivity contribution in [1.29, 1.82) is 0 Å². The van der Waals surface area contributed by atoms with Crippen LogP contribution in [0.15, 0.2) is 0 Å². The molecular weight excluding hydrogens is 294 g/mol. The summed E-state index contributed by atoms with van der Waals surface area (Å²) in [7, 11) is 0. The summed E-state index contributed by atoms with van der Waals surface area (Å²) < 4.78 is 0. The van der Waals surface area contributed by atoms with Gasteiger partial charge in [0.2, 0.25) is 11.0 Å². The van der Waals surface area contributed by atoms with Crippen LogP contribution >= 0.6 is 22.9 Å². The SMILES string of the molecule is O=C(CCC1CCCCC1)Nc1nnc(CCCCl)s1. The van der Waals surface area contributed by atoms with Crippen LogP contribution in [0.1, 0.15) is 56.4 Å². The molecule has 0 bridgehead atoms. The van der Waals surface area contributed by atoms with Crippen molar-refractivity contribution in [2.45, 2.75) is 57.8 Å². The monoisotopic (exact) mass is 315 g/mol. The number of hydrogen-bond acceptors (Lipinski definition) is 4. The van der Waals surface area contributed by atoms with Crippen molar-refractivity contribution in [1.82, 2.24) is 10.2 Å². The number of aryl methyl sites for hydroxylation is 1. The lowest BCUT2D eigenvalue weighted by molar-refractivity contribution is -0.116. The van der Waals surface area contributed by atoms with E-state index in [0.29, 0.717) is 17.4 Å². The minimum absolute atomic E-state index is 0.0654. The van der Waals surface area contributed by atoms with Gasteiger partial charge in [-0.25, -0.2) is 0 Å². The second kappa shape index (κ2) is 8.57. The van der Waals surface area contributed by atoms with Gasteiger partial charge in [0.15, 0.2) is 0 Å². The predicted molar refractivity (Wildman–Crippen MR) is 83.4 cm³/mol. The van der Waals surface area contributed by atoms with Gasteiger partial charge in [0.05, 0.1) is 0 Å². The number of aromatic nitrogens is 2. The third-order valence-corrected chi connectivity index (χ3v) is 4.91. The Hall–Kier alpha value is -0.680. The summed E-state index contributed by atoms with van der Waals surface area (Å²) in [5.74, 6) is 1.43. The van der Waals surface area contributed by atoms with Gasteiger partial charge in [-0.3, -0.25) is 4.79 Å². The van der Waals surface area contributed by atoms with Gasteiger partial charge in [0.1, 0.15) is 5.01 Å². The third-order valence-electron chi connectivity index (χ3n) is 3.74. The van der Waals surface area contributed by atoms with E-state index in [2.05, 4.69) is 15.5 Å². The fourth-order valence-corrected chi connectivity index (χ4v) is 3.55. The van der Waals surface area contributed by atoms with Crippen molar-refractivity contribution < 1.29 is 4.79 Å². The van der Waals surface area contributed by atoms with E-state index in [4.69, 9.17) is 11.6 Å². The number of amides is 1. The van der Waals surface area contributed by atoms with Crippen LogP contribution in [0.25, 0.3) is 0 Å². The molecule has 1 amide bonds. The van der Waals surface area contributed by atoms with Crippen molar-refractivity contribution in [3.63, 3.8) is 0 Å². The normalized spacial score (nSPS) is 16.2. The fourth-order valence-electron chi connectivity index (χ4n) is 2.62. The number of alkyl halides is 1. The molecule has 20 heavy (non-hydrogen) atoms. The van der Waals surface area contributed by atoms with Crippen LogP contribution in [0.5, 0.6) is 0 Å². The second-order valence-corrected chi connectivity index (χ2v) is 6.82. The lowest BCUT2D eigenvalue weighted by Gasteiger charge is -2.20. The number of nitrogens with zero attached hydrogens (tertiary/aromatic N) is 2. The smallest absolute Gasteiger partial charge is 0.226 e. The van der Waals surface area contributed by atoms with Crippen LogP contribution in [0, 0.1) is 5.92 Å². The van der Waals surface area contributed by atoms with Crippen LogP contribution in [0.3, 0.4) is 0 Å². The van der Waals surface area contributed by atoms with Gasteiger partial charge in [-0.15, -0.1) is 21.8 Å². The molecule has 6 heteroatoms. The van der Waals surface area contributed by atoms with Gasteiger partial charge in [-0.2, -0.15) is 0 Å². The zero-order valence-corrected chi connectivity index (χ0v) is 13.3. The van der Waals surface area contributed by atoms with Crippen molar-refractivity contribution in [3.05, 3.63) is 5.01 Å². The van der Waals surface area contributed by atoms with Gasteiger partial charge in [-0.05, 0) is 18.8 Å². The highest BCUT2D eigenvalue weighted by Crippen LogP contribution is 2.27. The third kappa shape index (κ3) is 5.37. The van der Waals surface area contributed by atoms with E-state index in [1.165, 1.54) is 43.4 Å². The van der Waals surface area contributed by atoms with Gasteiger partial charge >= 0.3 is 0 Å².